The molecule has 2 aliphatic rings. The average Bonchev–Trinajstić information content (AvgIpc) is 2.68. The molecule has 2 heterocycles. The number of amides is 2. The third-order valence-corrected chi connectivity index (χ3v) is 5.76. The monoisotopic (exact) mass is 369 g/mol. The average molecular weight is 369 g/mol. The normalized spacial score (nSPS) is 21.5. The molecular weight excluding hydrogens is 342 g/mol. The first-order valence-electron chi connectivity index (χ1n) is 9.56. The lowest BCUT2D eigenvalue weighted by Crippen LogP contribution is -2.51. The Labute approximate surface area is 160 Å². The molecule has 6 heteroatoms. The number of nitriles is 1. The smallest absolute Gasteiger partial charge is 0.253 e. The highest BCUT2D eigenvalue weighted by Crippen LogP contribution is 2.39. The maximum absolute atomic E-state index is 12.7. The number of nitrogens with zero attached hydrogens (tertiary/aromatic N) is 3. The van der Waals surface area contributed by atoms with Gasteiger partial charge in [-0.05, 0) is 49.8 Å². The minimum atomic E-state index is -0.208. The van der Waals surface area contributed by atoms with Gasteiger partial charge in [-0.25, -0.2) is 0 Å². The van der Waals surface area contributed by atoms with Crippen molar-refractivity contribution in [2.45, 2.75) is 37.7 Å². The van der Waals surface area contributed by atoms with Gasteiger partial charge in [0, 0.05) is 45.8 Å². The zero-order valence-electron chi connectivity index (χ0n) is 16.1. The first-order valence-corrected chi connectivity index (χ1v) is 9.56. The number of ether oxygens (including phenoxy) is 1. The van der Waals surface area contributed by atoms with Crippen molar-refractivity contribution in [1.82, 2.24) is 9.80 Å². The largest absolute Gasteiger partial charge is 0.375 e. The van der Waals surface area contributed by atoms with Crippen molar-refractivity contribution in [1.29, 1.82) is 5.26 Å². The lowest BCUT2D eigenvalue weighted by atomic mass is 9.78. The van der Waals surface area contributed by atoms with Gasteiger partial charge in [0.2, 0.25) is 5.91 Å². The number of likely N-dealkylation sites (tertiary alicyclic amines) is 1. The molecule has 2 amide bonds. The van der Waals surface area contributed by atoms with E-state index in [-0.39, 0.29) is 17.4 Å². The highest BCUT2D eigenvalue weighted by Gasteiger charge is 2.41. The number of piperidine rings is 1. The van der Waals surface area contributed by atoms with Crippen LogP contribution in [-0.4, -0.2) is 61.0 Å². The van der Waals surface area contributed by atoms with Crippen molar-refractivity contribution < 1.29 is 14.3 Å². The van der Waals surface area contributed by atoms with Crippen LogP contribution in [0.5, 0.6) is 0 Å². The molecule has 1 spiro atoms. The highest BCUT2D eigenvalue weighted by atomic mass is 16.5. The Morgan fingerprint density at radius 2 is 2.07 bits per heavy atom. The van der Waals surface area contributed by atoms with Crippen LogP contribution in [0.1, 0.15) is 48.0 Å². The summed E-state index contributed by atoms with van der Waals surface area (Å²) in [6.07, 6.45) is 3.97. The molecule has 1 unspecified atom stereocenters. The minimum Gasteiger partial charge on any atom is -0.375 e. The van der Waals surface area contributed by atoms with Gasteiger partial charge in [-0.2, -0.15) is 5.26 Å². The molecule has 1 aromatic rings. The summed E-state index contributed by atoms with van der Waals surface area (Å²) in [5.74, 6) is 0.488. The van der Waals surface area contributed by atoms with E-state index in [2.05, 4.69) is 6.07 Å². The third-order valence-electron chi connectivity index (χ3n) is 5.76. The summed E-state index contributed by atoms with van der Waals surface area (Å²) in [6.45, 7) is 1.97. The van der Waals surface area contributed by atoms with Crippen LogP contribution in [-0.2, 0) is 9.53 Å². The standard InChI is InChI=1S/C21H27N3O3/c1-23(2)19(25)13-16-6-11-27-21(14-16)7-9-24(10-8-21)20(26)18-5-3-4-17(12-18)15-22/h3-5,12,16H,6-11,13-14H2,1-2H3. The summed E-state index contributed by atoms with van der Waals surface area (Å²) >= 11 is 0. The first-order chi connectivity index (χ1) is 12.9. The minimum absolute atomic E-state index is 0.0305. The van der Waals surface area contributed by atoms with Crippen LogP contribution in [0.4, 0.5) is 0 Å². The van der Waals surface area contributed by atoms with Crippen LogP contribution in [0.25, 0.3) is 0 Å². The van der Waals surface area contributed by atoms with Gasteiger partial charge in [0.1, 0.15) is 0 Å². The number of carbonyl (C=O) groups excluding carboxylic acids is 2. The maximum Gasteiger partial charge on any atom is 0.253 e. The van der Waals surface area contributed by atoms with Crippen LogP contribution >= 0.6 is 0 Å². The maximum atomic E-state index is 12.7. The SMILES string of the molecule is CN(C)C(=O)CC1CCOC2(CCN(C(=O)c3cccc(C#N)c3)CC2)C1. The molecule has 2 fully saturated rings. The molecule has 144 valence electrons. The van der Waals surface area contributed by atoms with E-state index >= 15 is 0 Å². The van der Waals surface area contributed by atoms with Gasteiger partial charge in [-0.1, -0.05) is 6.07 Å². The van der Waals surface area contributed by atoms with E-state index in [1.54, 1.807) is 43.3 Å². The number of rotatable bonds is 3. The van der Waals surface area contributed by atoms with Gasteiger partial charge in [-0.3, -0.25) is 9.59 Å². The van der Waals surface area contributed by atoms with Crippen molar-refractivity contribution in [3.05, 3.63) is 35.4 Å². The van der Waals surface area contributed by atoms with Crippen LogP contribution < -0.4 is 0 Å². The Balaban J connectivity index is 1.59. The topological polar surface area (TPSA) is 73.6 Å². The third kappa shape index (κ3) is 4.48. The van der Waals surface area contributed by atoms with Crippen LogP contribution in [0, 0.1) is 17.2 Å². The molecule has 0 saturated carbocycles. The van der Waals surface area contributed by atoms with E-state index in [1.807, 2.05) is 4.90 Å². The number of carbonyl (C=O) groups is 2. The Kier molecular flexibility index (Phi) is 5.81. The van der Waals surface area contributed by atoms with E-state index in [9.17, 15) is 9.59 Å². The second-order valence-corrected chi connectivity index (χ2v) is 7.87. The molecule has 0 radical (unpaired) electrons. The Morgan fingerprint density at radius 1 is 1.33 bits per heavy atom. The summed E-state index contributed by atoms with van der Waals surface area (Å²) in [6, 6.07) is 8.93. The number of hydrogen-bond donors (Lipinski definition) is 0. The fourth-order valence-electron chi connectivity index (χ4n) is 4.10. The lowest BCUT2D eigenvalue weighted by Gasteiger charge is -2.46. The van der Waals surface area contributed by atoms with E-state index in [4.69, 9.17) is 10.00 Å². The molecule has 6 nitrogen and oxygen atoms in total. The predicted octanol–water partition coefficient (Wildman–Crippen LogP) is 2.44. The predicted molar refractivity (Wildman–Crippen MR) is 101 cm³/mol. The van der Waals surface area contributed by atoms with E-state index in [0.717, 1.165) is 25.7 Å². The zero-order chi connectivity index (χ0) is 19.4. The molecular formula is C21H27N3O3. The summed E-state index contributed by atoms with van der Waals surface area (Å²) in [7, 11) is 3.59. The molecule has 0 N–H and O–H groups in total. The molecule has 0 bridgehead atoms. The molecule has 27 heavy (non-hydrogen) atoms. The fraction of sp³-hybridized carbons (Fsp3) is 0.571. The van der Waals surface area contributed by atoms with Gasteiger partial charge < -0.3 is 14.5 Å². The van der Waals surface area contributed by atoms with Gasteiger partial charge in [-0.15, -0.1) is 0 Å². The molecule has 0 aliphatic carbocycles. The van der Waals surface area contributed by atoms with E-state index in [1.165, 1.54) is 0 Å². The molecule has 1 aromatic carbocycles. The summed E-state index contributed by atoms with van der Waals surface area (Å²) < 4.78 is 6.14. The molecule has 2 saturated heterocycles. The second-order valence-electron chi connectivity index (χ2n) is 7.87. The van der Waals surface area contributed by atoms with E-state index in [0.29, 0.717) is 43.2 Å². The Bertz CT molecular complexity index is 745. The Hall–Kier alpha value is -2.39. The van der Waals surface area contributed by atoms with Gasteiger partial charge in [0.05, 0.1) is 17.2 Å². The summed E-state index contributed by atoms with van der Waals surface area (Å²) in [5, 5.41) is 9.02. The van der Waals surface area contributed by atoms with Crippen molar-refractivity contribution in [3.63, 3.8) is 0 Å². The van der Waals surface area contributed by atoms with Crippen LogP contribution in [0.15, 0.2) is 24.3 Å². The second kappa shape index (κ2) is 8.10. The van der Waals surface area contributed by atoms with Crippen molar-refractivity contribution in [3.8, 4) is 6.07 Å². The van der Waals surface area contributed by atoms with Crippen LogP contribution in [0.2, 0.25) is 0 Å². The van der Waals surface area contributed by atoms with Gasteiger partial charge >= 0.3 is 0 Å². The van der Waals surface area contributed by atoms with E-state index < -0.39 is 0 Å². The molecule has 0 aromatic heterocycles. The first kappa shape index (κ1) is 19.4. The van der Waals surface area contributed by atoms with Gasteiger partial charge in [0.25, 0.3) is 5.91 Å². The van der Waals surface area contributed by atoms with Crippen molar-refractivity contribution in [2.75, 3.05) is 33.8 Å². The van der Waals surface area contributed by atoms with Gasteiger partial charge in [0.15, 0.2) is 0 Å². The molecule has 3 rings (SSSR count). The fourth-order valence-corrected chi connectivity index (χ4v) is 4.10. The number of hydrogen-bond acceptors (Lipinski definition) is 4. The van der Waals surface area contributed by atoms with Crippen LogP contribution in [0.3, 0.4) is 0 Å². The number of benzene rings is 1. The lowest BCUT2D eigenvalue weighted by molar-refractivity contribution is -0.139. The highest BCUT2D eigenvalue weighted by molar-refractivity contribution is 5.94. The Morgan fingerprint density at radius 3 is 2.74 bits per heavy atom. The van der Waals surface area contributed by atoms with Crippen molar-refractivity contribution >= 4 is 11.8 Å². The quantitative estimate of drug-likeness (QED) is 0.820. The summed E-state index contributed by atoms with van der Waals surface area (Å²) in [5.41, 5.74) is 0.850. The molecule has 2 aliphatic heterocycles. The molecule has 1 atom stereocenters. The summed E-state index contributed by atoms with van der Waals surface area (Å²) in [4.78, 5) is 28.3. The zero-order valence-corrected chi connectivity index (χ0v) is 16.1. The van der Waals surface area contributed by atoms with Crippen molar-refractivity contribution in [2.24, 2.45) is 5.92 Å².